The van der Waals surface area contributed by atoms with Crippen LogP contribution in [0.15, 0.2) is 35.4 Å². The fourth-order valence-corrected chi connectivity index (χ4v) is 6.17. The maximum Gasteiger partial charge on any atom is 0.259 e. The maximum absolute atomic E-state index is 13.3. The van der Waals surface area contributed by atoms with Crippen LogP contribution in [-0.4, -0.2) is 53.0 Å². The van der Waals surface area contributed by atoms with Crippen LogP contribution in [-0.2, 0) is 23.5 Å². The normalized spacial score (nSPS) is 17.3. The largest absolute Gasteiger partial charge is 0.308 e. The Labute approximate surface area is 181 Å². The van der Waals surface area contributed by atoms with E-state index in [9.17, 15) is 13.2 Å². The summed E-state index contributed by atoms with van der Waals surface area (Å²) in [5.41, 5.74) is 3.75. The van der Waals surface area contributed by atoms with E-state index < -0.39 is 10.0 Å². The van der Waals surface area contributed by atoms with Crippen molar-refractivity contribution in [2.45, 2.75) is 37.5 Å². The number of benzene rings is 1. The predicted molar refractivity (Wildman–Crippen MR) is 118 cm³/mol. The minimum absolute atomic E-state index is 0.131. The lowest BCUT2D eigenvalue weighted by Gasteiger charge is -2.30. The van der Waals surface area contributed by atoms with Crippen molar-refractivity contribution in [3.63, 3.8) is 0 Å². The van der Waals surface area contributed by atoms with Gasteiger partial charge in [0.25, 0.3) is 5.91 Å². The number of amides is 1. The molecule has 0 N–H and O–H groups in total. The van der Waals surface area contributed by atoms with Crippen molar-refractivity contribution in [1.29, 1.82) is 0 Å². The monoisotopic (exact) mass is 439 g/mol. The fraction of sp³-hybridized carbons (Fsp3) is 0.409. The van der Waals surface area contributed by atoms with Crippen LogP contribution in [0.2, 0.25) is 0 Å². The molecule has 3 aromatic rings. The molecule has 0 aliphatic carbocycles. The van der Waals surface area contributed by atoms with Crippen LogP contribution in [0.5, 0.6) is 0 Å². The van der Waals surface area contributed by atoms with Crippen LogP contribution in [0, 0.1) is 6.92 Å². The second-order valence-corrected chi connectivity index (χ2v) is 10.2. The highest BCUT2D eigenvalue weighted by Gasteiger charge is 2.30. The zero-order chi connectivity index (χ0) is 21.8. The zero-order valence-corrected chi connectivity index (χ0v) is 18.5. The molecule has 5 rings (SSSR count). The Morgan fingerprint density at radius 1 is 1.06 bits per heavy atom. The van der Waals surface area contributed by atoms with Gasteiger partial charge in [0.2, 0.25) is 10.0 Å². The summed E-state index contributed by atoms with van der Waals surface area (Å²) in [5.74, 6) is -0.131. The Kier molecular flexibility index (Phi) is 4.82. The predicted octanol–water partition coefficient (Wildman–Crippen LogP) is 2.65. The Hall–Kier alpha value is -2.78. The molecule has 0 saturated carbocycles. The van der Waals surface area contributed by atoms with Gasteiger partial charge in [0.1, 0.15) is 0 Å². The lowest BCUT2D eigenvalue weighted by molar-refractivity contribution is 0.0985. The summed E-state index contributed by atoms with van der Waals surface area (Å²) in [6, 6.07) is 6.99. The third-order valence-electron chi connectivity index (χ3n) is 6.23. The Bertz CT molecular complexity index is 1290. The molecule has 162 valence electrons. The highest BCUT2D eigenvalue weighted by Crippen LogP contribution is 2.32. The van der Waals surface area contributed by atoms with Gasteiger partial charge in [0, 0.05) is 44.0 Å². The lowest BCUT2D eigenvalue weighted by Crippen LogP contribution is -2.36. The van der Waals surface area contributed by atoms with E-state index in [2.05, 4.69) is 10.1 Å². The molecule has 1 aromatic carbocycles. The van der Waals surface area contributed by atoms with Crippen LogP contribution < -0.4 is 4.90 Å². The Morgan fingerprint density at radius 2 is 1.84 bits per heavy atom. The molecule has 4 heterocycles. The minimum Gasteiger partial charge on any atom is -0.308 e. The van der Waals surface area contributed by atoms with E-state index in [1.165, 1.54) is 0 Å². The van der Waals surface area contributed by atoms with Gasteiger partial charge in [0.15, 0.2) is 5.65 Å². The lowest BCUT2D eigenvalue weighted by atomic mass is 10.0. The first-order valence-corrected chi connectivity index (χ1v) is 12.0. The number of anilines is 1. The number of aromatic nitrogens is 3. The van der Waals surface area contributed by atoms with Crippen LogP contribution in [0.1, 0.15) is 40.9 Å². The number of pyridine rings is 1. The molecule has 1 saturated heterocycles. The van der Waals surface area contributed by atoms with Gasteiger partial charge in [-0.25, -0.2) is 13.4 Å². The topological polar surface area (TPSA) is 88.4 Å². The fourth-order valence-electron chi connectivity index (χ4n) is 4.60. The highest BCUT2D eigenvalue weighted by atomic mass is 32.2. The number of carbonyl (C=O) groups excluding carboxylic acids is 1. The highest BCUT2D eigenvalue weighted by molar-refractivity contribution is 7.89. The first-order chi connectivity index (χ1) is 14.9. The Balaban J connectivity index is 1.49. The van der Waals surface area contributed by atoms with Gasteiger partial charge in [-0.15, -0.1) is 0 Å². The number of rotatable bonds is 3. The number of fused-ring (bicyclic) bond motifs is 2. The summed E-state index contributed by atoms with van der Waals surface area (Å²) >= 11 is 0. The van der Waals surface area contributed by atoms with Crippen molar-refractivity contribution in [2.24, 2.45) is 7.05 Å². The molecule has 9 heteroatoms. The van der Waals surface area contributed by atoms with Gasteiger partial charge < -0.3 is 4.90 Å². The first-order valence-electron chi connectivity index (χ1n) is 10.6. The van der Waals surface area contributed by atoms with Crippen molar-refractivity contribution in [3.8, 4) is 0 Å². The summed E-state index contributed by atoms with van der Waals surface area (Å²) in [7, 11) is -1.65. The number of sulfonamides is 1. The quantitative estimate of drug-likeness (QED) is 0.626. The molecule has 2 aliphatic rings. The summed E-state index contributed by atoms with van der Waals surface area (Å²) < 4.78 is 29.1. The number of aryl methyl sites for hydroxylation is 3. The van der Waals surface area contributed by atoms with Gasteiger partial charge in [-0.2, -0.15) is 9.40 Å². The number of hydrogen-bond donors (Lipinski definition) is 0. The summed E-state index contributed by atoms with van der Waals surface area (Å²) in [6.45, 7) is 3.64. The molecule has 0 radical (unpaired) electrons. The van der Waals surface area contributed by atoms with E-state index in [-0.39, 0.29) is 5.91 Å². The molecular formula is C22H25N5O3S. The van der Waals surface area contributed by atoms with E-state index >= 15 is 0 Å². The van der Waals surface area contributed by atoms with Gasteiger partial charge in [-0.3, -0.25) is 9.48 Å². The van der Waals surface area contributed by atoms with Gasteiger partial charge in [-0.05, 0) is 62.4 Å². The van der Waals surface area contributed by atoms with Crippen LogP contribution in [0.3, 0.4) is 0 Å². The number of nitrogens with zero attached hydrogens (tertiary/aromatic N) is 5. The van der Waals surface area contributed by atoms with Crippen LogP contribution in [0.4, 0.5) is 5.69 Å². The molecule has 1 amide bonds. The summed E-state index contributed by atoms with van der Waals surface area (Å²) in [5, 5.41) is 5.23. The van der Waals surface area contributed by atoms with E-state index in [1.807, 2.05) is 20.0 Å². The molecule has 31 heavy (non-hydrogen) atoms. The third-order valence-corrected chi connectivity index (χ3v) is 8.12. The van der Waals surface area contributed by atoms with Crippen molar-refractivity contribution >= 4 is 32.7 Å². The second kappa shape index (κ2) is 7.42. The summed E-state index contributed by atoms with van der Waals surface area (Å²) in [4.78, 5) is 19.8. The molecule has 2 aromatic heterocycles. The summed E-state index contributed by atoms with van der Waals surface area (Å²) in [6.07, 6.45) is 4.93. The molecule has 0 bridgehead atoms. The van der Waals surface area contributed by atoms with E-state index in [0.29, 0.717) is 30.1 Å². The molecular weight excluding hydrogens is 414 g/mol. The maximum atomic E-state index is 13.3. The van der Waals surface area contributed by atoms with Gasteiger partial charge in [0.05, 0.1) is 16.2 Å². The number of carbonyl (C=O) groups is 1. The Morgan fingerprint density at radius 3 is 2.61 bits per heavy atom. The number of hydrogen-bond acceptors (Lipinski definition) is 5. The molecule has 0 atom stereocenters. The van der Waals surface area contributed by atoms with E-state index in [1.54, 1.807) is 38.3 Å². The molecule has 0 unspecified atom stereocenters. The molecule has 2 aliphatic heterocycles. The standard InChI is InChI=1S/C22H25N5O3S/c1-15-19-13-17(14-23-21(19)25(2)24-15)22(28)27-11-5-6-16-12-18(7-8-20(16)27)31(29,30)26-9-3-4-10-26/h7-8,12-14H,3-6,9-11H2,1-2H3. The minimum atomic E-state index is -3.48. The van der Waals surface area contributed by atoms with Crippen LogP contribution >= 0.6 is 0 Å². The molecule has 1 fully saturated rings. The second-order valence-electron chi connectivity index (χ2n) is 8.27. The van der Waals surface area contributed by atoms with E-state index in [4.69, 9.17) is 0 Å². The van der Waals surface area contributed by atoms with Crippen molar-refractivity contribution in [3.05, 3.63) is 47.3 Å². The zero-order valence-electron chi connectivity index (χ0n) is 17.7. The van der Waals surface area contributed by atoms with Crippen molar-refractivity contribution in [2.75, 3.05) is 24.5 Å². The third kappa shape index (κ3) is 3.32. The molecule has 8 nitrogen and oxygen atoms in total. The SMILES string of the molecule is Cc1nn(C)c2ncc(C(=O)N3CCCc4cc(S(=O)(=O)N5CCCC5)ccc43)cc12. The average molecular weight is 440 g/mol. The first kappa shape index (κ1) is 20.1. The van der Waals surface area contributed by atoms with E-state index in [0.717, 1.165) is 53.7 Å². The van der Waals surface area contributed by atoms with Crippen molar-refractivity contribution < 1.29 is 13.2 Å². The van der Waals surface area contributed by atoms with Crippen LogP contribution in [0.25, 0.3) is 11.0 Å². The smallest absolute Gasteiger partial charge is 0.259 e. The molecule has 0 spiro atoms. The average Bonchev–Trinajstić information content (AvgIpc) is 3.41. The van der Waals surface area contributed by atoms with Gasteiger partial charge >= 0.3 is 0 Å². The van der Waals surface area contributed by atoms with Crippen molar-refractivity contribution in [1.82, 2.24) is 19.1 Å². The van der Waals surface area contributed by atoms with Gasteiger partial charge in [-0.1, -0.05) is 0 Å².